The summed E-state index contributed by atoms with van der Waals surface area (Å²) in [5.41, 5.74) is 2.83. The van der Waals surface area contributed by atoms with Crippen molar-refractivity contribution in [2.24, 2.45) is 0 Å². The van der Waals surface area contributed by atoms with E-state index in [1.165, 1.54) is 0 Å². The molecule has 0 saturated carbocycles. The average molecular weight is 230 g/mol. The van der Waals surface area contributed by atoms with Crippen LogP contribution in [0.3, 0.4) is 0 Å². The summed E-state index contributed by atoms with van der Waals surface area (Å²) in [4.78, 5) is 0. The van der Waals surface area contributed by atoms with Gasteiger partial charge in [0.25, 0.3) is 0 Å². The highest BCUT2D eigenvalue weighted by Gasteiger charge is 2.27. The van der Waals surface area contributed by atoms with E-state index in [1.54, 1.807) is 0 Å². The summed E-state index contributed by atoms with van der Waals surface area (Å²) in [7, 11) is 0. The Morgan fingerprint density at radius 3 is 2.88 bits per heavy atom. The molecule has 17 heavy (non-hydrogen) atoms. The van der Waals surface area contributed by atoms with Crippen molar-refractivity contribution in [3.63, 3.8) is 0 Å². The fourth-order valence-corrected chi connectivity index (χ4v) is 2.25. The highest BCUT2D eigenvalue weighted by atomic mass is 16.5. The minimum absolute atomic E-state index is 0.0127. The molecule has 1 N–H and O–H groups in total. The van der Waals surface area contributed by atoms with Gasteiger partial charge in [0.05, 0.1) is 23.8 Å². The van der Waals surface area contributed by atoms with Gasteiger partial charge in [-0.15, -0.1) is 0 Å². The van der Waals surface area contributed by atoms with Crippen LogP contribution in [0.2, 0.25) is 0 Å². The molecule has 0 spiro atoms. The maximum atomic E-state index is 8.89. The number of nitrogens with one attached hydrogen (secondary N) is 1. The van der Waals surface area contributed by atoms with Crippen LogP contribution in [0.15, 0.2) is 18.2 Å². The van der Waals surface area contributed by atoms with Crippen molar-refractivity contribution in [1.29, 1.82) is 5.26 Å². The summed E-state index contributed by atoms with van der Waals surface area (Å²) >= 11 is 0. The quantitative estimate of drug-likeness (QED) is 0.849. The van der Waals surface area contributed by atoms with Gasteiger partial charge in [0.1, 0.15) is 0 Å². The minimum Gasteiger partial charge on any atom is -0.379 e. The lowest BCUT2D eigenvalue weighted by atomic mass is 9.94. The van der Waals surface area contributed by atoms with E-state index in [0.717, 1.165) is 42.9 Å². The van der Waals surface area contributed by atoms with E-state index in [9.17, 15) is 0 Å². The third-order valence-electron chi connectivity index (χ3n) is 3.23. The lowest BCUT2D eigenvalue weighted by Crippen LogP contribution is -2.43. The molecule has 0 aliphatic carbocycles. The van der Waals surface area contributed by atoms with Crippen molar-refractivity contribution in [1.82, 2.24) is 0 Å². The number of nitrogens with zero attached hydrogens (tertiary/aromatic N) is 1. The summed E-state index contributed by atoms with van der Waals surface area (Å²) < 4.78 is 5.52. The van der Waals surface area contributed by atoms with Crippen molar-refractivity contribution in [3.8, 4) is 6.07 Å². The van der Waals surface area contributed by atoms with Crippen LogP contribution in [0.1, 0.15) is 30.9 Å². The van der Waals surface area contributed by atoms with E-state index in [1.807, 2.05) is 25.1 Å². The predicted molar refractivity (Wildman–Crippen MR) is 68.0 cm³/mol. The number of hydrogen-bond donors (Lipinski definition) is 1. The van der Waals surface area contributed by atoms with E-state index in [4.69, 9.17) is 10.00 Å². The molecule has 1 aliphatic rings. The molecule has 90 valence electrons. The first-order valence-electron chi connectivity index (χ1n) is 6.00. The second-order valence-electron chi connectivity index (χ2n) is 4.98. The van der Waals surface area contributed by atoms with Gasteiger partial charge in [0.15, 0.2) is 0 Å². The van der Waals surface area contributed by atoms with E-state index in [-0.39, 0.29) is 5.54 Å². The zero-order chi connectivity index (χ0) is 12.3. The van der Waals surface area contributed by atoms with Crippen molar-refractivity contribution in [2.45, 2.75) is 32.2 Å². The molecule has 1 aromatic rings. The Labute approximate surface area is 102 Å². The van der Waals surface area contributed by atoms with Crippen molar-refractivity contribution < 1.29 is 4.74 Å². The van der Waals surface area contributed by atoms with Gasteiger partial charge in [-0.1, -0.05) is 0 Å². The third-order valence-corrected chi connectivity index (χ3v) is 3.23. The molecule has 1 unspecified atom stereocenters. The first-order chi connectivity index (χ1) is 8.13. The molecule has 0 aromatic heterocycles. The number of nitriles is 1. The number of ether oxygens (including phenoxy) is 1. The molecule has 0 amide bonds. The van der Waals surface area contributed by atoms with Gasteiger partial charge in [-0.05, 0) is 50.5 Å². The van der Waals surface area contributed by atoms with Crippen LogP contribution in [0.5, 0.6) is 0 Å². The molecule has 3 nitrogen and oxygen atoms in total. The zero-order valence-electron chi connectivity index (χ0n) is 10.4. The van der Waals surface area contributed by atoms with Crippen LogP contribution in [-0.2, 0) is 4.74 Å². The molecule has 1 atom stereocenters. The molecular formula is C14H18N2O. The first-order valence-corrected chi connectivity index (χ1v) is 6.00. The highest BCUT2D eigenvalue weighted by molar-refractivity contribution is 5.53. The normalized spacial score (nSPS) is 24.1. The lowest BCUT2D eigenvalue weighted by molar-refractivity contribution is 0.0540. The fourth-order valence-electron chi connectivity index (χ4n) is 2.25. The smallest absolute Gasteiger partial charge is 0.0994 e. The van der Waals surface area contributed by atoms with E-state index in [0.29, 0.717) is 0 Å². The lowest BCUT2D eigenvalue weighted by Gasteiger charge is -2.35. The number of benzene rings is 1. The topological polar surface area (TPSA) is 45.0 Å². The van der Waals surface area contributed by atoms with Gasteiger partial charge in [0.2, 0.25) is 0 Å². The van der Waals surface area contributed by atoms with E-state index in [2.05, 4.69) is 18.3 Å². The SMILES string of the molecule is Cc1cc(NC2(C)CCCOC2)ccc1C#N. The Hall–Kier alpha value is -1.53. The minimum atomic E-state index is 0.0127. The van der Waals surface area contributed by atoms with Crippen LogP contribution in [0.25, 0.3) is 0 Å². The standard InChI is InChI=1S/C14H18N2O/c1-11-8-13(5-4-12(11)9-15)16-14(2)6-3-7-17-10-14/h4-5,8,16H,3,6-7,10H2,1-2H3. The van der Waals surface area contributed by atoms with Gasteiger partial charge in [-0.25, -0.2) is 0 Å². The third kappa shape index (κ3) is 2.78. The van der Waals surface area contributed by atoms with Crippen LogP contribution in [-0.4, -0.2) is 18.8 Å². The molecule has 0 bridgehead atoms. The number of aryl methyl sites for hydroxylation is 1. The molecule has 1 fully saturated rings. The molecule has 1 saturated heterocycles. The van der Waals surface area contributed by atoms with Gasteiger partial charge in [-0.2, -0.15) is 5.26 Å². The Morgan fingerprint density at radius 1 is 1.47 bits per heavy atom. The number of hydrogen-bond acceptors (Lipinski definition) is 3. The molecule has 3 heteroatoms. The largest absolute Gasteiger partial charge is 0.379 e. The summed E-state index contributed by atoms with van der Waals surface area (Å²) in [5.74, 6) is 0. The summed E-state index contributed by atoms with van der Waals surface area (Å²) in [6.45, 7) is 5.75. The molecule has 2 rings (SSSR count). The molecule has 1 aliphatic heterocycles. The van der Waals surface area contributed by atoms with Crippen molar-refractivity contribution in [3.05, 3.63) is 29.3 Å². The molecule has 1 aromatic carbocycles. The van der Waals surface area contributed by atoms with Crippen LogP contribution >= 0.6 is 0 Å². The second kappa shape index (κ2) is 4.77. The Bertz CT molecular complexity index is 442. The average Bonchev–Trinajstić information content (AvgIpc) is 2.29. The highest BCUT2D eigenvalue weighted by Crippen LogP contribution is 2.25. The van der Waals surface area contributed by atoms with Gasteiger partial charge >= 0.3 is 0 Å². The zero-order valence-corrected chi connectivity index (χ0v) is 10.4. The molecular weight excluding hydrogens is 212 g/mol. The fraction of sp³-hybridized carbons (Fsp3) is 0.500. The summed E-state index contributed by atoms with van der Waals surface area (Å²) in [5, 5.41) is 12.4. The van der Waals surface area contributed by atoms with Crippen LogP contribution in [0, 0.1) is 18.3 Å². The number of anilines is 1. The van der Waals surface area contributed by atoms with E-state index >= 15 is 0 Å². The first kappa shape index (κ1) is 11.9. The number of rotatable bonds is 2. The van der Waals surface area contributed by atoms with Gasteiger partial charge in [0, 0.05) is 12.3 Å². The Kier molecular flexibility index (Phi) is 3.35. The van der Waals surface area contributed by atoms with Crippen molar-refractivity contribution >= 4 is 5.69 Å². The molecule has 0 radical (unpaired) electrons. The van der Waals surface area contributed by atoms with E-state index < -0.39 is 0 Å². The maximum Gasteiger partial charge on any atom is 0.0994 e. The van der Waals surface area contributed by atoms with Gasteiger partial charge < -0.3 is 10.1 Å². The van der Waals surface area contributed by atoms with Crippen LogP contribution < -0.4 is 5.32 Å². The van der Waals surface area contributed by atoms with Gasteiger partial charge in [-0.3, -0.25) is 0 Å². The maximum absolute atomic E-state index is 8.89. The summed E-state index contributed by atoms with van der Waals surface area (Å²) in [6, 6.07) is 8.04. The second-order valence-corrected chi connectivity index (χ2v) is 4.98. The molecule has 1 heterocycles. The van der Waals surface area contributed by atoms with Crippen LogP contribution in [0.4, 0.5) is 5.69 Å². The Morgan fingerprint density at radius 2 is 2.29 bits per heavy atom. The van der Waals surface area contributed by atoms with Crippen molar-refractivity contribution in [2.75, 3.05) is 18.5 Å². The Balaban J connectivity index is 2.13. The monoisotopic (exact) mass is 230 g/mol. The predicted octanol–water partition coefficient (Wildman–Crippen LogP) is 2.85. The summed E-state index contributed by atoms with van der Waals surface area (Å²) in [6.07, 6.45) is 2.21.